The SMILES string of the molecule is CCc1cn2c3c(cc(C(=O)N[C@@H](Cc4ccccc4)[C@H](O)CNC4(c5cccc(C(F)(F)F)c5)CC4)cc13)N(C)S(=O)(=O)C1(CC1)C2. The van der Waals surface area contributed by atoms with Gasteiger partial charge in [-0.1, -0.05) is 49.4 Å². The Bertz CT molecular complexity index is 1990. The minimum atomic E-state index is -4.46. The van der Waals surface area contributed by atoms with Gasteiger partial charge in [-0.3, -0.25) is 9.10 Å². The molecule has 8 nitrogen and oxygen atoms in total. The number of aliphatic hydroxyl groups excluding tert-OH is 1. The van der Waals surface area contributed by atoms with E-state index in [1.165, 1.54) is 10.4 Å². The molecule has 3 N–H and O–H groups in total. The molecule has 4 aromatic rings. The van der Waals surface area contributed by atoms with Crippen molar-refractivity contribution in [2.75, 3.05) is 17.9 Å². The predicted molar refractivity (Wildman–Crippen MR) is 178 cm³/mol. The number of aromatic nitrogens is 1. The van der Waals surface area contributed by atoms with Crippen LogP contribution >= 0.6 is 0 Å². The van der Waals surface area contributed by atoms with Gasteiger partial charge in [0, 0.05) is 42.8 Å². The molecule has 0 radical (unpaired) electrons. The highest BCUT2D eigenvalue weighted by Gasteiger charge is 2.58. The van der Waals surface area contributed by atoms with E-state index >= 15 is 0 Å². The van der Waals surface area contributed by atoms with Crippen molar-refractivity contribution in [2.24, 2.45) is 0 Å². The number of nitrogens with zero attached hydrogens (tertiary/aromatic N) is 2. The fraction of sp³-hybridized carbons (Fsp3) is 0.417. The smallest absolute Gasteiger partial charge is 0.390 e. The first-order valence-corrected chi connectivity index (χ1v) is 17.8. The number of anilines is 1. The Morgan fingerprint density at radius 3 is 2.40 bits per heavy atom. The van der Waals surface area contributed by atoms with E-state index in [1.807, 2.05) is 48.0 Å². The van der Waals surface area contributed by atoms with E-state index in [-0.39, 0.29) is 12.1 Å². The summed E-state index contributed by atoms with van der Waals surface area (Å²) in [7, 11) is -2.12. The number of carbonyl (C=O) groups is 1. The van der Waals surface area contributed by atoms with Gasteiger partial charge in [-0.2, -0.15) is 13.2 Å². The molecule has 2 aliphatic carbocycles. The molecule has 1 aliphatic heterocycles. The van der Waals surface area contributed by atoms with Gasteiger partial charge in [-0.05, 0) is 79.5 Å². The van der Waals surface area contributed by atoms with Gasteiger partial charge in [0.1, 0.15) is 4.75 Å². The van der Waals surface area contributed by atoms with E-state index in [0.717, 1.165) is 34.2 Å². The number of benzene rings is 3. The Morgan fingerprint density at radius 2 is 1.75 bits per heavy atom. The minimum absolute atomic E-state index is 0.0320. The van der Waals surface area contributed by atoms with Crippen LogP contribution in [0.4, 0.5) is 18.9 Å². The predicted octanol–water partition coefficient (Wildman–Crippen LogP) is 5.52. The molecular weight excluding hydrogens is 641 g/mol. The Labute approximate surface area is 278 Å². The third-order valence-corrected chi connectivity index (χ3v) is 13.0. The molecule has 0 bridgehead atoms. The maximum Gasteiger partial charge on any atom is 0.416 e. The van der Waals surface area contributed by atoms with E-state index in [0.29, 0.717) is 56.3 Å². The fourth-order valence-electron chi connectivity index (χ4n) is 7.16. The summed E-state index contributed by atoms with van der Waals surface area (Å²) in [5.41, 5.74) is 2.51. The largest absolute Gasteiger partial charge is 0.416 e. The molecule has 1 aromatic heterocycles. The average molecular weight is 681 g/mol. The molecule has 0 unspecified atom stereocenters. The van der Waals surface area contributed by atoms with Crippen molar-refractivity contribution in [1.29, 1.82) is 0 Å². The third-order valence-electron chi connectivity index (χ3n) is 10.4. The van der Waals surface area contributed by atoms with Gasteiger partial charge in [0.15, 0.2) is 0 Å². The maximum absolute atomic E-state index is 14.0. The van der Waals surface area contributed by atoms with E-state index in [9.17, 15) is 31.5 Å². The lowest BCUT2D eigenvalue weighted by Gasteiger charge is -2.28. The number of sulfonamides is 1. The number of carbonyl (C=O) groups excluding carboxylic acids is 1. The Morgan fingerprint density at radius 1 is 1.02 bits per heavy atom. The van der Waals surface area contributed by atoms with Gasteiger partial charge in [0.25, 0.3) is 5.91 Å². The quantitative estimate of drug-likeness (QED) is 0.205. The molecule has 12 heteroatoms. The van der Waals surface area contributed by atoms with Crippen LogP contribution in [0.2, 0.25) is 0 Å². The molecule has 1 spiro atoms. The summed E-state index contributed by atoms with van der Waals surface area (Å²) in [6.45, 7) is 2.43. The normalized spacial score (nSPS) is 19.9. The van der Waals surface area contributed by atoms with Crippen molar-refractivity contribution in [1.82, 2.24) is 15.2 Å². The van der Waals surface area contributed by atoms with E-state index in [1.54, 1.807) is 25.2 Å². The van der Waals surface area contributed by atoms with Crippen molar-refractivity contribution in [3.05, 3.63) is 101 Å². The molecule has 3 aromatic carbocycles. The number of aliphatic hydroxyl groups is 1. The number of rotatable bonds is 10. The lowest BCUT2D eigenvalue weighted by Crippen LogP contribution is -2.50. The zero-order valence-corrected chi connectivity index (χ0v) is 27.7. The highest BCUT2D eigenvalue weighted by molar-refractivity contribution is 7.94. The molecule has 2 heterocycles. The second-order valence-electron chi connectivity index (χ2n) is 13.6. The first kappa shape index (κ1) is 32.7. The highest BCUT2D eigenvalue weighted by atomic mass is 32.2. The zero-order chi connectivity index (χ0) is 34.1. The molecule has 2 saturated carbocycles. The number of amides is 1. The van der Waals surface area contributed by atoms with Gasteiger partial charge in [0.05, 0.1) is 28.9 Å². The van der Waals surface area contributed by atoms with Gasteiger partial charge in [-0.25, -0.2) is 8.42 Å². The van der Waals surface area contributed by atoms with Crippen LogP contribution < -0.4 is 14.9 Å². The standard InChI is InChI=1S/C36H39F3N4O4S/c1-3-24-21-43-22-34(12-13-34)48(46,47)42(2)30-18-25(17-28(24)32(30)43)33(45)41-29(16-23-8-5-4-6-9-23)31(44)20-40-35(14-15-35)26-10-7-11-27(19-26)36(37,38)39/h4-11,17-19,21,29,31,40,44H,3,12-16,20,22H2,1-2H3,(H,41,45)/t29-,31+/m0/s1. The zero-order valence-electron chi connectivity index (χ0n) is 26.8. The molecular formula is C36H39F3N4O4S. The Kier molecular flexibility index (Phi) is 7.92. The van der Waals surface area contributed by atoms with Crippen LogP contribution in [0, 0.1) is 0 Å². The highest BCUT2D eigenvalue weighted by Crippen LogP contribution is 2.51. The summed E-state index contributed by atoms with van der Waals surface area (Å²) in [6.07, 6.45) is -0.137. The van der Waals surface area contributed by atoms with Crippen LogP contribution in [0.15, 0.2) is 72.9 Å². The maximum atomic E-state index is 14.0. The summed E-state index contributed by atoms with van der Waals surface area (Å²) >= 11 is 0. The number of hydrogen-bond donors (Lipinski definition) is 3. The van der Waals surface area contributed by atoms with Crippen LogP contribution in [-0.2, 0) is 41.1 Å². The fourth-order valence-corrected chi connectivity index (χ4v) is 9.06. The van der Waals surface area contributed by atoms with Gasteiger partial charge in [-0.15, -0.1) is 0 Å². The molecule has 1 amide bonds. The molecule has 2 atom stereocenters. The van der Waals surface area contributed by atoms with E-state index < -0.39 is 50.1 Å². The second kappa shape index (κ2) is 11.6. The monoisotopic (exact) mass is 680 g/mol. The van der Waals surface area contributed by atoms with Crippen LogP contribution in [0.5, 0.6) is 0 Å². The number of nitrogens with one attached hydrogen (secondary N) is 2. The first-order chi connectivity index (χ1) is 22.8. The molecule has 48 heavy (non-hydrogen) atoms. The van der Waals surface area contributed by atoms with Crippen molar-refractivity contribution >= 4 is 32.5 Å². The van der Waals surface area contributed by atoms with Crippen molar-refractivity contribution < 1.29 is 31.5 Å². The molecule has 7 rings (SSSR count). The second-order valence-corrected chi connectivity index (χ2v) is 15.9. The molecule has 3 aliphatic rings. The topological polar surface area (TPSA) is 104 Å². The van der Waals surface area contributed by atoms with Gasteiger partial charge in [0.2, 0.25) is 10.0 Å². The summed E-state index contributed by atoms with van der Waals surface area (Å²) in [4.78, 5) is 14.0. The van der Waals surface area contributed by atoms with Crippen molar-refractivity contribution in [3.8, 4) is 0 Å². The van der Waals surface area contributed by atoms with E-state index in [2.05, 4.69) is 10.6 Å². The van der Waals surface area contributed by atoms with Crippen LogP contribution in [0.3, 0.4) is 0 Å². The summed E-state index contributed by atoms with van der Waals surface area (Å²) in [5, 5.41) is 18.7. The van der Waals surface area contributed by atoms with Gasteiger partial charge < -0.3 is 20.3 Å². The van der Waals surface area contributed by atoms with Gasteiger partial charge >= 0.3 is 6.18 Å². The first-order valence-electron chi connectivity index (χ1n) is 16.4. The van der Waals surface area contributed by atoms with Crippen LogP contribution in [0.1, 0.15) is 65.2 Å². The number of alkyl halides is 3. The van der Waals surface area contributed by atoms with Crippen molar-refractivity contribution in [3.63, 3.8) is 0 Å². The third kappa shape index (κ3) is 5.67. The van der Waals surface area contributed by atoms with Crippen LogP contribution in [-0.4, -0.2) is 54.5 Å². The summed E-state index contributed by atoms with van der Waals surface area (Å²) in [6, 6.07) is 17.3. The Balaban J connectivity index is 1.17. The molecule has 0 saturated heterocycles. The number of aryl methyl sites for hydroxylation is 1. The van der Waals surface area contributed by atoms with Crippen molar-refractivity contribution in [2.45, 2.75) is 80.6 Å². The average Bonchev–Trinajstić information content (AvgIpc) is 4.00. The summed E-state index contributed by atoms with van der Waals surface area (Å²) in [5.74, 6) is -0.460. The lowest BCUT2D eigenvalue weighted by molar-refractivity contribution is -0.137. The molecule has 254 valence electrons. The number of hydrogen-bond acceptors (Lipinski definition) is 5. The molecule has 2 fully saturated rings. The Hall–Kier alpha value is -3.87. The van der Waals surface area contributed by atoms with E-state index in [4.69, 9.17) is 0 Å². The van der Waals surface area contributed by atoms with Crippen LogP contribution in [0.25, 0.3) is 10.9 Å². The summed E-state index contributed by atoms with van der Waals surface area (Å²) < 4.78 is 70.1. The minimum Gasteiger partial charge on any atom is -0.390 e. The lowest BCUT2D eigenvalue weighted by atomic mass is 9.98. The number of halogens is 3.